The van der Waals surface area contributed by atoms with Gasteiger partial charge in [-0.3, -0.25) is 14.9 Å². The molecule has 0 saturated heterocycles. The highest BCUT2D eigenvalue weighted by atomic mass is 32.1. The van der Waals surface area contributed by atoms with Crippen LogP contribution in [-0.2, 0) is 17.6 Å². The van der Waals surface area contributed by atoms with Gasteiger partial charge in [0.1, 0.15) is 4.88 Å². The Morgan fingerprint density at radius 2 is 1.88 bits per heavy atom. The Morgan fingerprint density at radius 1 is 1.12 bits per heavy atom. The molecule has 0 saturated carbocycles. The first-order valence-corrected chi connectivity index (χ1v) is 11.4. The van der Waals surface area contributed by atoms with Crippen LogP contribution in [0, 0.1) is 0 Å². The summed E-state index contributed by atoms with van der Waals surface area (Å²) in [4.78, 5) is 43.5. The molecule has 3 amide bonds. The second-order valence-corrected chi connectivity index (χ2v) is 8.17. The molecule has 1 aromatic heterocycles. The third kappa shape index (κ3) is 8.84. The molecule has 0 atom stereocenters. The molecule has 0 radical (unpaired) electrons. The Labute approximate surface area is 191 Å². The third-order valence-electron chi connectivity index (χ3n) is 4.49. The number of amides is 3. The summed E-state index contributed by atoms with van der Waals surface area (Å²) in [7, 11) is 0. The van der Waals surface area contributed by atoms with E-state index >= 15 is 0 Å². The number of hydrogen-bond donors (Lipinski definition) is 4. The molecule has 0 aliphatic rings. The number of hydrogen-bond acceptors (Lipinski definition) is 6. The van der Waals surface area contributed by atoms with E-state index in [4.69, 9.17) is 5.11 Å². The smallest absolute Gasteiger partial charge is 0.409 e. The molecule has 0 bridgehead atoms. The Hall–Kier alpha value is -3.27. The van der Waals surface area contributed by atoms with Gasteiger partial charge in [0.25, 0.3) is 5.91 Å². The molecule has 2 rings (SSSR count). The van der Waals surface area contributed by atoms with Crippen molar-refractivity contribution < 1.29 is 19.5 Å². The van der Waals surface area contributed by atoms with E-state index in [1.54, 1.807) is 12.1 Å². The van der Waals surface area contributed by atoms with Crippen molar-refractivity contribution >= 4 is 46.4 Å². The van der Waals surface area contributed by atoms with Gasteiger partial charge in [0.05, 0.1) is 17.7 Å². The molecule has 32 heavy (non-hydrogen) atoms. The Morgan fingerprint density at radius 3 is 2.53 bits per heavy atom. The number of aliphatic imine (C=N–C) groups is 1. The number of aryl methyl sites for hydroxylation is 2. The molecule has 0 aliphatic carbocycles. The lowest BCUT2D eigenvalue weighted by Crippen LogP contribution is -2.24. The first kappa shape index (κ1) is 25.0. The van der Waals surface area contributed by atoms with Crippen LogP contribution in [0.2, 0.25) is 0 Å². The fourth-order valence-electron chi connectivity index (χ4n) is 2.91. The van der Waals surface area contributed by atoms with Crippen LogP contribution in [0.3, 0.4) is 0 Å². The van der Waals surface area contributed by atoms with Crippen LogP contribution < -0.4 is 16.0 Å². The minimum absolute atomic E-state index is 0.166. The number of carboxylic acid groups (broad SMARTS) is 1. The number of unbranched alkanes of at least 4 members (excludes halogenated alkanes) is 3. The van der Waals surface area contributed by atoms with Gasteiger partial charge in [0.2, 0.25) is 5.91 Å². The van der Waals surface area contributed by atoms with Crippen molar-refractivity contribution in [2.24, 2.45) is 4.99 Å². The van der Waals surface area contributed by atoms with Crippen molar-refractivity contribution in [2.45, 2.75) is 52.4 Å². The number of carbonyl (C=O) groups excluding carboxylic acids is 2. The molecule has 2 aromatic rings. The van der Waals surface area contributed by atoms with E-state index in [1.807, 2.05) is 12.1 Å². The number of anilines is 1. The summed E-state index contributed by atoms with van der Waals surface area (Å²) < 4.78 is 0. The van der Waals surface area contributed by atoms with Crippen LogP contribution in [0.1, 0.15) is 60.5 Å². The number of nitrogens with one attached hydrogen (secondary N) is 3. The number of thiazole rings is 1. The highest BCUT2D eigenvalue weighted by Crippen LogP contribution is 2.25. The van der Waals surface area contributed by atoms with E-state index in [1.165, 1.54) is 18.3 Å². The molecule has 10 heteroatoms. The summed E-state index contributed by atoms with van der Waals surface area (Å²) in [6, 6.07) is 7.34. The van der Waals surface area contributed by atoms with Gasteiger partial charge in [-0.25, -0.2) is 14.8 Å². The minimum Gasteiger partial charge on any atom is -0.465 e. The Bertz CT molecular complexity index is 940. The van der Waals surface area contributed by atoms with Gasteiger partial charge < -0.3 is 15.7 Å². The molecule has 9 nitrogen and oxygen atoms in total. The lowest BCUT2D eigenvalue weighted by Gasteiger charge is -2.05. The predicted molar refractivity (Wildman–Crippen MR) is 126 cm³/mol. The van der Waals surface area contributed by atoms with E-state index in [2.05, 4.69) is 32.9 Å². The van der Waals surface area contributed by atoms with Crippen LogP contribution in [-0.4, -0.2) is 40.9 Å². The SMILES string of the molecule is CCCCCCNC(=O)c1sc(NC(C)=O)nc1CCc1ccc(N=CNC(=O)O)cc1. The summed E-state index contributed by atoms with van der Waals surface area (Å²) in [5, 5.41) is 16.6. The number of rotatable bonds is 12. The van der Waals surface area contributed by atoms with Crippen LogP contribution in [0.4, 0.5) is 15.6 Å². The summed E-state index contributed by atoms with van der Waals surface area (Å²) in [5.41, 5.74) is 2.29. The van der Waals surface area contributed by atoms with Gasteiger partial charge >= 0.3 is 6.09 Å². The maximum Gasteiger partial charge on any atom is 0.409 e. The largest absolute Gasteiger partial charge is 0.465 e. The molecule has 0 aliphatic heterocycles. The van der Waals surface area contributed by atoms with Crippen LogP contribution in [0.5, 0.6) is 0 Å². The average molecular weight is 460 g/mol. The van der Waals surface area contributed by atoms with E-state index in [0.29, 0.717) is 40.8 Å². The van der Waals surface area contributed by atoms with Crippen LogP contribution >= 0.6 is 11.3 Å². The van der Waals surface area contributed by atoms with Crippen molar-refractivity contribution in [1.82, 2.24) is 15.6 Å². The van der Waals surface area contributed by atoms with Crippen molar-refractivity contribution in [2.75, 3.05) is 11.9 Å². The van der Waals surface area contributed by atoms with Gasteiger partial charge in [0, 0.05) is 13.5 Å². The second kappa shape index (κ2) is 13.2. The topological polar surface area (TPSA) is 133 Å². The first-order chi connectivity index (χ1) is 15.4. The number of carbonyl (C=O) groups is 3. The summed E-state index contributed by atoms with van der Waals surface area (Å²) in [6.07, 6.45) is 5.43. The van der Waals surface area contributed by atoms with Crippen LogP contribution in [0.25, 0.3) is 0 Å². The number of nitrogens with zero attached hydrogens (tertiary/aromatic N) is 2. The molecule has 1 heterocycles. The third-order valence-corrected chi connectivity index (χ3v) is 5.50. The fraction of sp³-hybridized carbons (Fsp3) is 0.409. The Kier molecular flexibility index (Phi) is 10.3. The lowest BCUT2D eigenvalue weighted by atomic mass is 10.1. The molecule has 172 valence electrons. The van der Waals surface area contributed by atoms with Gasteiger partial charge in [0.15, 0.2) is 5.13 Å². The molecule has 4 N–H and O–H groups in total. The molecule has 0 unspecified atom stereocenters. The molecule has 1 aromatic carbocycles. The lowest BCUT2D eigenvalue weighted by molar-refractivity contribution is -0.114. The Balaban J connectivity index is 2.01. The normalized spacial score (nSPS) is 10.8. The van der Waals surface area contributed by atoms with E-state index < -0.39 is 6.09 Å². The quantitative estimate of drug-likeness (QED) is 0.215. The maximum atomic E-state index is 12.7. The fourth-order valence-corrected chi connectivity index (χ4v) is 3.88. The van der Waals surface area contributed by atoms with E-state index in [-0.39, 0.29) is 11.8 Å². The molecule has 0 fully saturated rings. The molecular weight excluding hydrogens is 430 g/mol. The van der Waals surface area contributed by atoms with Gasteiger partial charge in [-0.05, 0) is 37.0 Å². The molecular formula is C22H29N5O4S. The van der Waals surface area contributed by atoms with Gasteiger partial charge in [-0.15, -0.1) is 0 Å². The average Bonchev–Trinajstić information content (AvgIpc) is 3.14. The number of aromatic nitrogens is 1. The van der Waals surface area contributed by atoms with Crippen molar-refractivity contribution in [1.29, 1.82) is 0 Å². The summed E-state index contributed by atoms with van der Waals surface area (Å²) in [6.45, 7) is 4.16. The van der Waals surface area contributed by atoms with E-state index in [9.17, 15) is 14.4 Å². The number of benzene rings is 1. The van der Waals surface area contributed by atoms with Gasteiger partial charge in [-0.2, -0.15) is 0 Å². The second-order valence-electron chi connectivity index (χ2n) is 7.17. The zero-order chi connectivity index (χ0) is 23.3. The summed E-state index contributed by atoms with van der Waals surface area (Å²) >= 11 is 1.18. The zero-order valence-corrected chi connectivity index (χ0v) is 19.1. The van der Waals surface area contributed by atoms with Crippen molar-refractivity contribution in [3.05, 3.63) is 40.4 Å². The van der Waals surface area contributed by atoms with Crippen molar-refractivity contribution in [3.63, 3.8) is 0 Å². The monoisotopic (exact) mass is 459 g/mol. The van der Waals surface area contributed by atoms with Crippen molar-refractivity contribution in [3.8, 4) is 0 Å². The predicted octanol–water partition coefficient (Wildman–Crippen LogP) is 4.12. The van der Waals surface area contributed by atoms with Crippen LogP contribution in [0.15, 0.2) is 29.3 Å². The molecule has 0 spiro atoms. The zero-order valence-electron chi connectivity index (χ0n) is 18.3. The van der Waals surface area contributed by atoms with E-state index in [0.717, 1.165) is 37.6 Å². The summed E-state index contributed by atoms with van der Waals surface area (Å²) in [5.74, 6) is -0.397. The highest BCUT2D eigenvalue weighted by Gasteiger charge is 2.18. The minimum atomic E-state index is -1.17. The first-order valence-electron chi connectivity index (χ1n) is 10.6. The highest BCUT2D eigenvalue weighted by molar-refractivity contribution is 7.17. The maximum absolute atomic E-state index is 12.7. The van der Waals surface area contributed by atoms with Gasteiger partial charge in [-0.1, -0.05) is 49.7 Å². The standard InChI is InChI=1S/C22H29N5O4S/c1-3-4-5-6-13-23-20(29)19-18(27-21(32-19)26-15(2)28)12-9-16-7-10-17(11-8-16)24-14-25-22(30)31/h7-8,10-11,14H,3-6,9,12-13H2,1-2H3,(H,23,29)(H,24,25)(H,30,31)(H,26,27,28).